The normalized spacial score (nSPS) is 23.7. The van der Waals surface area contributed by atoms with Crippen LogP contribution in [0, 0.1) is 5.92 Å². The molecule has 2 N–H and O–H groups in total. The van der Waals surface area contributed by atoms with E-state index in [1.807, 2.05) is 6.92 Å². The van der Waals surface area contributed by atoms with Gasteiger partial charge >= 0.3 is 0 Å². The van der Waals surface area contributed by atoms with Crippen molar-refractivity contribution in [1.29, 1.82) is 0 Å². The van der Waals surface area contributed by atoms with Crippen LogP contribution < -0.4 is 10.6 Å². The summed E-state index contributed by atoms with van der Waals surface area (Å²) >= 11 is 3.44. The molecule has 5 heteroatoms. The summed E-state index contributed by atoms with van der Waals surface area (Å²) < 4.78 is 0.920. The van der Waals surface area contributed by atoms with Gasteiger partial charge < -0.3 is 10.6 Å². The first-order valence-corrected chi connectivity index (χ1v) is 6.03. The van der Waals surface area contributed by atoms with Crippen LogP contribution in [0.2, 0.25) is 0 Å². The second-order valence-electron chi connectivity index (χ2n) is 3.88. The Labute approximate surface area is 98.0 Å². The van der Waals surface area contributed by atoms with E-state index in [1.54, 1.807) is 6.20 Å². The van der Waals surface area contributed by atoms with Gasteiger partial charge in [-0.15, -0.1) is 0 Å². The highest BCUT2D eigenvalue weighted by molar-refractivity contribution is 9.10. The summed E-state index contributed by atoms with van der Waals surface area (Å²) in [6.45, 7) is 5.10. The van der Waals surface area contributed by atoms with Crippen molar-refractivity contribution in [1.82, 2.24) is 9.97 Å². The van der Waals surface area contributed by atoms with Crippen LogP contribution in [0.5, 0.6) is 0 Å². The maximum absolute atomic E-state index is 4.40. The summed E-state index contributed by atoms with van der Waals surface area (Å²) in [6.07, 6.45) is 3.01. The SMILES string of the molecule is CCNc1ncc(Br)c(NC2CC2C)n1. The van der Waals surface area contributed by atoms with Crippen molar-refractivity contribution in [3.63, 3.8) is 0 Å². The van der Waals surface area contributed by atoms with E-state index in [2.05, 4.69) is 43.5 Å². The first-order valence-electron chi connectivity index (χ1n) is 5.23. The summed E-state index contributed by atoms with van der Waals surface area (Å²) in [6, 6.07) is 0.575. The lowest BCUT2D eigenvalue weighted by atomic mass is 10.4. The zero-order chi connectivity index (χ0) is 10.8. The third kappa shape index (κ3) is 2.59. The molecular weight excluding hydrogens is 256 g/mol. The smallest absolute Gasteiger partial charge is 0.224 e. The second kappa shape index (κ2) is 4.35. The van der Waals surface area contributed by atoms with Crippen LogP contribution in [0.4, 0.5) is 11.8 Å². The molecule has 1 heterocycles. The fraction of sp³-hybridized carbons (Fsp3) is 0.600. The van der Waals surface area contributed by atoms with E-state index < -0.39 is 0 Å². The minimum Gasteiger partial charge on any atom is -0.366 e. The second-order valence-corrected chi connectivity index (χ2v) is 4.74. The van der Waals surface area contributed by atoms with Crippen LogP contribution >= 0.6 is 15.9 Å². The third-order valence-corrected chi connectivity index (χ3v) is 3.09. The van der Waals surface area contributed by atoms with Gasteiger partial charge in [-0.1, -0.05) is 6.92 Å². The van der Waals surface area contributed by atoms with Crippen molar-refractivity contribution < 1.29 is 0 Å². The topological polar surface area (TPSA) is 49.8 Å². The number of nitrogens with zero attached hydrogens (tertiary/aromatic N) is 2. The Morgan fingerprint density at radius 1 is 1.60 bits per heavy atom. The molecule has 0 spiro atoms. The molecule has 2 rings (SSSR count). The highest BCUT2D eigenvalue weighted by Gasteiger charge is 2.33. The predicted molar refractivity (Wildman–Crippen MR) is 65.1 cm³/mol. The highest BCUT2D eigenvalue weighted by atomic mass is 79.9. The van der Waals surface area contributed by atoms with Gasteiger partial charge in [-0.3, -0.25) is 0 Å². The average molecular weight is 271 g/mol. The predicted octanol–water partition coefficient (Wildman–Crippen LogP) is 2.49. The van der Waals surface area contributed by atoms with Gasteiger partial charge in [0.25, 0.3) is 0 Å². The first-order chi connectivity index (χ1) is 7.20. The van der Waals surface area contributed by atoms with Crippen molar-refractivity contribution in [2.45, 2.75) is 26.3 Å². The number of aromatic nitrogens is 2. The van der Waals surface area contributed by atoms with Gasteiger partial charge in [-0.25, -0.2) is 4.98 Å². The number of hydrogen-bond donors (Lipinski definition) is 2. The van der Waals surface area contributed by atoms with Gasteiger partial charge in [0, 0.05) is 18.8 Å². The van der Waals surface area contributed by atoms with E-state index in [9.17, 15) is 0 Å². The molecule has 1 aliphatic rings. The van der Waals surface area contributed by atoms with E-state index in [-0.39, 0.29) is 0 Å². The van der Waals surface area contributed by atoms with Crippen LogP contribution in [0.3, 0.4) is 0 Å². The highest BCUT2D eigenvalue weighted by Crippen LogP contribution is 2.34. The molecule has 0 amide bonds. The molecule has 2 unspecified atom stereocenters. The van der Waals surface area contributed by atoms with Gasteiger partial charge in [0.1, 0.15) is 5.82 Å². The lowest BCUT2D eigenvalue weighted by Crippen LogP contribution is -2.09. The minimum absolute atomic E-state index is 0.575. The van der Waals surface area contributed by atoms with Gasteiger partial charge in [0.15, 0.2) is 0 Å². The van der Waals surface area contributed by atoms with Crippen LogP contribution in [0.15, 0.2) is 10.7 Å². The zero-order valence-electron chi connectivity index (χ0n) is 8.92. The fourth-order valence-corrected chi connectivity index (χ4v) is 1.72. The molecule has 0 saturated heterocycles. The van der Waals surface area contributed by atoms with Crippen molar-refractivity contribution in [2.75, 3.05) is 17.2 Å². The fourth-order valence-electron chi connectivity index (χ4n) is 1.41. The lowest BCUT2D eigenvalue weighted by Gasteiger charge is -2.08. The van der Waals surface area contributed by atoms with E-state index in [0.717, 1.165) is 22.8 Å². The Bertz CT molecular complexity index is 355. The molecule has 82 valence electrons. The van der Waals surface area contributed by atoms with Crippen LogP contribution in [0.1, 0.15) is 20.3 Å². The molecule has 0 aliphatic heterocycles. The van der Waals surface area contributed by atoms with Crippen LogP contribution in [-0.2, 0) is 0 Å². The number of rotatable bonds is 4. The van der Waals surface area contributed by atoms with Crippen LogP contribution in [0.25, 0.3) is 0 Å². The van der Waals surface area contributed by atoms with E-state index >= 15 is 0 Å². The molecule has 15 heavy (non-hydrogen) atoms. The quantitative estimate of drug-likeness (QED) is 0.883. The number of anilines is 2. The summed E-state index contributed by atoms with van der Waals surface area (Å²) in [5, 5.41) is 6.49. The standard InChI is InChI=1S/C10H15BrN4/c1-3-12-10-13-5-7(11)9(15-10)14-8-4-6(8)2/h5-6,8H,3-4H2,1-2H3,(H2,12,13,14,15). The Balaban J connectivity index is 2.10. The number of halogens is 1. The minimum atomic E-state index is 0.575. The van der Waals surface area contributed by atoms with Crippen molar-refractivity contribution in [3.05, 3.63) is 10.7 Å². The first kappa shape index (κ1) is 10.7. The molecule has 1 aromatic heterocycles. The summed E-state index contributed by atoms with van der Waals surface area (Å²) in [7, 11) is 0. The molecule has 1 saturated carbocycles. The van der Waals surface area contributed by atoms with Gasteiger partial charge in [0.2, 0.25) is 5.95 Å². The Hall–Kier alpha value is -0.840. The molecule has 0 bridgehead atoms. The number of hydrogen-bond acceptors (Lipinski definition) is 4. The summed E-state index contributed by atoms with van der Waals surface area (Å²) in [5.74, 6) is 2.32. The van der Waals surface area contributed by atoms with E-state index in [4.69, 9.17) is 0 Å². The maximum atomic E-state index is 4.40. The lowest BCUT2D eigenvalue weighted by molar-refractivity contribution is 0.919. The Kier molecular flexibility index (Phi) is 3.09. The molecule has 0 aromatic carbocycles. The molecule has 2 atom stereocenters. The van der Waals surface area contributed by atoms with E-state index in [0.29, 0.717) is 12.0 Å². The monoisotopic (exact) mass is 270 g/mol. The molecule has 4 nitrogen and oxygen atoms in total. The summed E-state index contributed by atoms with van der Waals surface area (Å²) in [5.41, 5.74) is 0. The van der Waals surface area contributed by atoms with Gasteiger partial charge in [-0.2, -0.15) is 4.98 Å². The maximum Gasteiger partial charge on any atom is 0.224 e. The van der Waals surface area contributed by atoms with Gasteiger partial charge in [-0.05, 0) is 35.2 Å². The molecule has 1 aromatic rings. The Morgan fingerprint density at radius 2 is 2.33 bits per heavy atom. The van der Waals surface area contributed by atoms with Crippen molar-refractivity contribution >= 4 is 27.7 Å². The third-order valence-electron chi connectivity index (χ3n) is 2.51. The summed E-state index contributed by atoms with van der Waals surface area (Å²) in [4.78, 5) is 8.56. The largest absolute Gasteiger partial charge is 0.366 e. The zero-order valence-corrected chi connectivity index (χ0v) is 10.5. The van der Waals surface area contributed by atoms with Gasteiger partial charge in [0.05, 0.1) is 4.47 Å². The van der Waals surface area contributed by atoms with Crippen molar-refractivity contribution in [2.24, 2.45) is 5.92 Å². The Morgan fingerprint density at radius 3 is 2.93 bits per heavy atom. The molecule has 1 fully saturated rings. The molecule has 1 aliphatic carbocycles. The molecule has 0 radical (unpaired) electrons. The van der Waals surface area contributed by atoms with E-state index in [1.165, 1.54) is 6.42 Å². The average Bonchev–Trinajstić information content (AvgIpc) is 2.88. The molecular formula is C10H15BrN4. The van der Waals surface area contributed by atoms with Crippen LogP contribution in [-0.4, -0.2) is 22.6 Å². The van der Waals surface area contributed by atoms with Crippen molar-refractivity contribution in [3.8, 4) is 0 Å². The number of nitrogens with one attached hydrogen (secondary N) is 2.